The van der Waals surface area contributed by atoms with Crippen molar-refractivity contribution in [2.45, 2.75) is 39.0 Å². The fraction of sp³-hybridized carbons (Fsp3) is 0.588. The van der Waals surface area contributed by atoms with Crippen LogP contribution in [0.25, 0.3) is 0 Å². The number of hydrogen-bond acceptors (Lipinski definition) is 4. The van der Waals surface area contributed by atoms with E-state index in [4.69, 9.17) is 9.47 Å². The molecule has 2 rings (SSSR count). The Kier molecular flexibility index (Phi) is 5.39. The third kappa shape index (κ3) is 5.44. The van der Waals surface area contributed by atoms with Gasteiger partial charge >= 0.3 is 12.3 Å². The zero-order valence-corrected chi connectivity index (χ0v) is 14.4. The number of phenolic OH excluding ortho intramolecular Hbond substituents is 1. The van der Waals surface area contributed by atoms with Crippen LogP contribution in [0.1, 0.15) is 32.8 Å². The molecule has 1 aromatic carbocycles. The normalized spacial score (nSPS) is 18.3. The Labute approximate surface area is 144 Å². The van der Waals surface area contributed by atoms with Crippen molar-refractivity contribution in [1.29, 1.82) is 0 Å². The van der Waals surface area contributed by atoms with Crippen LogP contribution >= 0.6 is 0 Å². The number of carbonyl (C=O) groups is 1. The van der Waals surface area contributed by atoms with E-state index in [-0.39, 0.29) is 18.3 Å². The van der Waals surface area contributed by atoms with Gasteiger partial charge in [-0.15, -0.1) is 0 Å². The first-order valence-electron chi connectivity index (χ1n) is 7.96. The molecule has 1 aliphatic rings. The summed E-state index contributed by atoms with van der Waals surface area (Å²) >= 11 is 0. The van der Waals surface area contributed by atoms with Crippen LogP contribution in [0.5, 0.6) is 11.5 Å². The van der Waals surface area contributed by atoms with Crippen LogP contribution in [-0.2, 0) is 10.9 Å². The zero-order valence-electron chi connectivity index (χ0n) is 14.4. The second-order valence-corrected chi connectivity index (χ2v) is 7.07. The topological polar surface area (TPSA) is 59.0 Å². The lowest BCUT2D eigenvalue weighted by Gasteiger charge is -2.24. The summed E-state index contributed by atoms with van der Waals surface area (Å²) in [5, 5.41) is 9.26. The van der Waals surface area contributed by atoms with E-state index in [1.165, 1.54) is 4.90 Å². The highest BCUT2D eigenvalue weighted by Crippen LogP contribution is 2.38. The number of amides is 1. The average molecular weight is 361 g/mol. The van der Waals surface area contributed by atoms with E-state index in [0.717, 1.165) is 12.1 Å². The van der Waals surface area contributed by atoms with Gasteiger partial charge in [-0.2, -0.15) is 13.2 Å². The summed E-state index contributed by atoms with van der Waals surface area (Å²) in [5.74, 6) is -0.889. The smallest absolute Gasteiger partial charge is 0.420 e. The van der Waals surface area contributed by atoms with Gasteiger partial charge in [-0.05, 0) is 45.4 Å². The standard InChI is InChI=1S/C17H22F3NO4/c1-16(2,3)25-15(23)21-7-6-11(9-21)10-24-14-5-4-12(22)8-13(14)17(18,19)20/h4-5,8,11,22H,6-7,9-10H2,1-3H3. The van der Waals surface area contributed by atoms with Gasteiger partial charge in [0.1, 0.15) is 22.7 Å². The molecule has 0 aromatic heterocycles. The van der Waals surface area contributed by atoms with Crippen molar-refractivity contribution in [1.82, 2.24) is 4.90 Å². The molecule has 1 unspecified atom stereocenters. The number of benzene rings is 1. The van der Waals surface area contributed by atoms with Crippen molar-refractivity contribution < 1.29 is 32.5 Å². The molecule has 0 aliphatic carbocycles. The Bertz CT molecular complexity index is 625. The predicted octanol–water partition coefficient (Wildman–Crippen LogP) is 4.05. The van der Waals surface area contributed by atoms with Gasteiger partial charge in [0.15, 0.2) is 0 Å². The second-order valence-electron chi connectivity index (χ2n) is 7.07. The molecule has 1 amide bonds. The first-order valence-corrected chi connectivity index (χ1v) is 7.96. The third-order valence-electron chi connectivity index (χ3n) is 3.68. The number of nitrogens with zero attached hydrogens (tertiary/aromatic N) is 1. The van der Waals surface area contributed by atoms with E-state index in [2.05, 4.69) is 0 Å². The summed E-state index contributed by atoms with van der Waals surface area (Å²) in [6.07, 6.45) is -4.43. The van der Waals surface area contributed by atoms with Crippen LogP contribution in [0.15, 0.2) is 18.2 Å². The lowest BCUT2D eigenvalue weighted by atomic mass is 10.1. The van der Waals surface area contributed by atoms with Crippen molar-refractivity contribution in [3.8, 4) is 11.5 Å². The number of alkyl halides is 3. The van der Waals surface area contributed by atoms with Gasteiger partial charge in [0.2, 0.25) is 0 Å². The minimum absolute atomic E-state index is 0.0488. The van der Waals surface area contributed by atoms with Crippen LogP contribution in [0, 0.1) is 5.92 Å². The van der Waals surface area contributed by atoms with E-state index < -0.39 is 29.2 Å². The summed E-state index contributed by atoms with van der Waals surface area (Å²) in [7, 11) is 0. The van der Waals surface area contributed by atoms with Gasteiger partial charge in [-0.3, -0.25) is 0 Å². The highest BCUT2D eigenvalue weighted by atomic mass is 19.4. The molecule has 25 heavy (non-hydrogen) atoms. The SMILES string of the molecule is CC(C)(C)OC(=O)N1CCC(COc2ccc(O)cc2C(F)(F)F)C1. The molecule has 8 heteroatoms. The molecule has 140 valence electrons. The summed E-state index contributed by atoms with van der Waals surface area (Å²) in [4.78, 5) is 13.5. The van der Waals surface area contributed by atoms with E-state index in [1.807, 2.05) is 0 Å². The summed E-state index contributed by atoms with van der Waals surface area (Å²) in [5.41, 5.74) is -1.62. The molecule has 5 nitrogen and oxygen atoms in total. The second kappa shape index (κ2) is 7.01. The first kappa shape index (κ1) is 19.2. The first-order chi connectivity index (χ1) is 11.5. The van der Waals surface area contributed by atoms with Gasteiger partial charge in [-0.1, -0.05) is 0 Å². The Hall–Kier alpha value is -2.12. The maximum Gasteiger partial charge on any atom is 0.420 e. The summed E-state index contributed by atoms with van der Waals surface area (Å²) < 4.78 is 49.6. The van der Waals surface area contributed by atoms with E-state index in [1.54, 1.807) is 20.8 Å². The number of ether oxygens (including phenoxy) is 2. The highest BCUT2D eigenvalue weighted by Gasteiger charge is 2.35. The van der Waals surface area contributed by atoms with Crippen molar-refractivity contribution in [3.63, 3.8) is 0 Å². The van der Waals surface area contributed by atoms with Crippen molar-refractivity contribution >= 4 is 6.09 Å². The van der Waals surface area contributed by atoms with E-state index in [0.29, 0.717) is 25.6 Å². The van der Waals surface area contributed by atoms with E-state index >= 15 is 0 Å². The Balaban J connectivity index is 1.94. The summed E-state index contributed by atoms with van der Waals surface area (Å²) in [6.45, 7) is 6.20. The molecule has 0 bridgehead atoms. The molecule has 1 N–H and O–H groups in total. The van der Waals surface area contributed by atoms with Crippen molar-refractivity contribution in [2.24, 2.45) is 5.92 Å². The predicted molar refractivity (Wildman–Crippen MR) is 84.5 cm³/mol. The third-order valence-corrected chi connectivity index (χ3v) is 3.68. The Morgan fingerprint density at radius 1 is 1.32 bits per heavy atom. The molecule has 1 atom stereocenters. The lowest BCUT2D eigenvalue weighted by Crippen LogP contribution is -2.35. The van der Waals surface area contributed by atoms with Crippen LogP contribution in [0.3, 0.4) is 0 Å². The largest absolute Gasteiger partial charge is 0.508 e. The minimum Gasteiger partial charge on any atom is -0.508 e. The zero-order chi connectivity index (χ0) is 18.8. The molecule has 1 aliphatic heterocycles. The number of likely N-dealkylation sites (tertiary alicyclic amines) is 1. The highest BCUT2D eigenvalue weighted by molar-refractivity contribution is 5.68. The molecule has 0 spiro atoms. The number of aromatic hydroxyl groups is 1. The molecule has 1 fully saturated rings. The summed E-state index contributed by atoms with van der Waals surface area (Å²) in [6, 6.07) is 2.88. The molecule has 1 saturated heterocycles. The van der Waals surface area contributed by atoms with Crippen LogP contribution in [-0.4, -0.2) is 41.4 Å². The van der Waals surface area contributed by atoms with Crippen molar-refractivity contribution in [2.75, 3.05) is 19.7 Å². The van der Waals surface area contributed by atoms with Crippen LogP contribution < -0.4 is 4.74 Å². The molecular formula is C17H22F3NO4. The molecule has 1 heterocycles. The van der Waals surface area contributed by atoms with Crippen LogP contribution in [0.4, 0.5) is 18.0 Å². The number of carbonyl (C=O) groups excluding carboxylic acids is 1. The monoisotopic (exact) mass is 361 g/mol. The number of halogens is 3. The lowest BCUT2D eigenvalue weighted by molar-refractivity contribution is -0.139. The fourth-order valence-corrected chi connectivity index (χ4v) is 2.53. The Morgan fingerprint density at radius 2 is 2.00 bits per heavy atom. The van der Waals surface area contributed by atoms with Gasteiger partial charge in [0, 0.05) is 19.0 Å². The maximum atomic E-state index is 13.0. The Morgan fingerprint density at radius 3 is 2.60 bits per heavy atom. The molecule has 0 saturated carbocycles. The molecular weight excluding hydrogens is 339 g/mol. The maximum absolute atomic E-state index is 13.0. The van der Waals surface area contributed by atoms with Crippen molar-refractivity contribution in [3.05, 3.63) is 23.8 Å². The van der Waals surface area contributed by atoms with Gasteiger partial charge in [0.05, 0.1) is 6.61 Å². The number of phenols is 1. The number of rotatable bonds is 3. The fourth-order valence-electron chi connectivity index (χ4n) is 2.53. The minimum atomic E-state index is -4.62. The number of hydrogen-bond donors (Lipinski definition) is 1. The molecule has 0 radical (unpaired) electrons. The average Bonchev–Trinajstić information content (AvgIpc) is 2.92. The quantitative estimate of drug-likeness (QED) is 0.883. The van der Waals surface area contributed by atoms with Gasteiger partial charge < -0.3 is 19.5 Å². The van der Waals surface area contributed by atoms with Crippen LogP contribution in [0.2, 0.25) is 0 Å². The van der Waals surface area contributed by atoms with Gasteiger partial charge in [-0.25, -0.2) is 4.79 Å². The molecule has 1 aromatic rings. The van der Waals surface area contributed by atoms with Gasteiger partial charge in [0.25, 0.3) is 0 Å². The van der Waals surface area contributed by atoms with E-state index in [9.17, 15) is 23.1 Å².